The second-order valence-electron chi connectivity index (χ2n) is 6.02. The number of nitrogens with zero attached hydrogens (tertiary/aromatic N) is 3. The summed E-state index contributed by atoms with van der Waals surface area (Å²) in [5.41, 5.74) is -0.182. The predicted molar refractivity (Wildman–Crippen MR) is 96.5 cm³/mol. The first-order chi connectivity index (χ1) is 11.8. The molecule has 134 valence electrons. The van der Waals surface area contributed by atoms with Crippen molar-refractivity contribution >= 4 is 27.4 Å². The van der Waals surface area contributed by atoms with Gasteiger partial charge in [-0.1, -0.05) is 17.7 Å². The van der Waals surface area contributed by atoms with E-state index in [9.17, 15) is 13.2 Å². The molecule has 7 nitrogen and oxygen atoms in total. The van der Waals surface area contributed by atoms with E-state index in [1.807, 2.05) is 4.90 Å². The number of nitrogens with one attached hydrogen (secondary N) is 1. The number of aryl methyl sites for hydroxylation is 1. The number of piperidine rings is 1. The maximum Gasteiger partial charge on any atom is 0.266 e. The number of hydrogen-bond donors (Lipinski definition) is 1. The molecule has 0 radical (unpaired) electrons. The van der Waals surface area contributed by atoms with Crippen LogP contribution in [-0.2, 0) is 17.1 Å². The van der Waals surface area contributed by atoms with Crippen LogP contribution in [0.5, 0.6) is 0 Å². The Morgan fingerprint density at radius 1 is 1.28 bits per heavy atom. The van der Waals surface area contributed by atoms with Gasteiger partial charge in [0.05, 0.1) is 4.90 Å². The number of hydrogen-bond acceptors (Lipinski definition) is 5. The number of sulfonamides is 1. The van der Waals surface area contributed by atoms with E-state index < -0.39 is 10.0 Å². The summed E-state index contributed by atoms with van der Waals surface area (Å²) < 4.78 is 29.1. The van der Waals surface area contributed by atoms with E-state index in [4.69, 9.17) is 11.6 Å². The summed E-state index contributed by atoms with van der Waals surface area (Å²) in [6.45, 7) is 1.26. The van der Waals surface area contributed by atoms with Crippen molar-refractivity contribution in [3.63, 3.8) is 0 Å². The number of aromatic nitrogens is 2. The van der Waals surface area contributed by atoms with Crippen LogP contribution in [0.25, 0.3) is 0 Å². The molecular weight excluding hydrogens is 364 g/mol. The highest BCUT2D eigenvalue weighted by Gasteiger charge is 2.26. The lowest BCUT2D eigenvalue weighted by atomic mass is 10.1. The summed E-state index contributed by atoms with van der Waals surface area (Å²) in [5, 5.41) is 4.61. The normalized spacial score (nSPS) is 18.3. The smallest absolute Gasteiger partial charge is 0.266 e. The van der Waals surface area contributed by atoms with Crippen LogP contribution in [0, 0.1) is 0 Å². The Morgan fingerprint density at radius 3 is 2.80 bits per heavy atom. The molecule has 0 bridgehead atoms. The Hall–Kier alpha value is -1.90. The molecule has 1 aliphatic rings. The molecule has 1 aliphatic heterocycles. The molecule has 0 aliphatic carbocycles. The average Bonchev–Trinajstić information content (AvgIpc) is 2.57. The summed E-state index contributed by atoms with van der Waals surface area (Å²) in [7, 11) is -2.05. The topological polar surface area (TPSA) is 84.3 Å². The number of rotatable bonds is 4. The fraction of sp³-hybridized carbons (Fsp3) is 0.375. The molecule has 25 heavy (non-hydrogen) atoms. The molecule has 2 aromatic rings. The molecule has 1 N–H and O–H groups in total. The van der Waals surface area contributed by atoms with E-state index in [2.05, 4.69) is 9.82 Å². The van der Waals surface area contributed by atoms with Gasteiger partial charge in [0, 0.05) is 37.3 Å². The molecule has 1 aromatic carbocycles. The minimum Gasteiger partial charge on any atom is -0.354 e. The Balaban J connectivity index is 1.75. The van der Waals surface area contributed by atoms with Crippen molar-refractivity contribution in [1.82, 2.24) is 14.5 Å². The maximum absolute atomic E-state index is 12.5. The van der Waals surface area contributed by atoms with E-state index in [0.717, 1.165) is 19.4 Å². The van der Waals surface area contributed by atoms with Crippen molar-refractivity contribution in [3.8, 4) is 0 Å². The van der Waals surface area contributed by atoms with Gasteiger partial charge in [-0.25, -0.2) is 17.8 Å². The fourth-order valence-corrected chi connectivity index (χ4v) is 4.42. The number of halogens is 1. The van der Waals surface area contributed by atoms with Gasteiger partial charge < -0.3 is 4.90 Å². The van der Waals surface area contributed by atoms with Crippen LogP contribution in [0.2, 0.25) is 5.02 Å². The molecule has 0 saturated carbocycles. The Morgan fingerprint density at radius 2 is 2.08 bits per heavy atom. The highest BCUT2D eigenvalue weighted by molar-refractivity contribution is 7.89. The number of anilines is 1. The fourth-order valence-electron chi connectivity index (χ4n) is 2.86. The van der Waals surface area contributed by atoms with Crippen molar-refractivity contribution in [2.45, 2.75) is 23.8 Å². The van der Waals surface area contributed by atoms with E-state index >= 15 is 0 Å². The van der Waals surface area contributed by atoms with Crippen LogP contribution in [0.1, 0.15) is 12.8 Å². The van der Waals surface area contributed by atoms with Crippen LogP contribution in [0.4, 0.5) is 5.82 Å². The first-order valence-electron chi connectivity index (χ1n) is 7.92. The molecule has 1 aromatic heterocycles. The lowest BCUT2D eigenvalue weighted by Gasteiger charge is -2.33. The lowest BCUT2D eigenvalue weighted by Crippen LogP contribution is -2.48. The van der Waals surface area contributed by atoms with Crippen LogP contribution in [0.3, 0.4) is 0 Å². The van der Waals surface area contributed by atoms with Crippen molar-refractivity contribution in [2.24, 2.45) is 7.05 Å². The Kier molecular flexibility index (Phi) is 5.12. The highest BCUT2D eigenvalue weighted by Crippen LogP contribution is 2.20. The third-order valence-electron chi connectivity index (χ3n) is 4.12. The number of benzene rings is 1. The Bertz CT molecular complexity index is 929. The molecule has 1 atom stereocenters. The maximum atomic E-state index is 12.5. The third-order valence-corrected chi connectivity index (χ3v) is 5.87. The molecule has 1 saturated heterocycles. The van der Waals surface area contributed by atoms with Crippen molar-refractivity contribution in [3.05, 3.63) is 51.8 Å². The van der Waals surface area contributed by atoms with Gasteiger partial charge >= 0.3 is 0 Å². The lowest BCUT2D eigenvalue weighted by molar-refractivity contribution is 0.461. The summed E-state index contributed by atoms with van der Waals surface area (Å²) in [6.07, 6.45) is 1.56. The first-order valence-corrected chi connectivity index (χ1v) is 9.78. The second kappa shape index (κ2) is 7.15. The minimum atomic E-state index is -3.64. The van der Waals surface area contributed by atoms with Crippen LogP contribution in [0.15, 0.2) is 46.1 Å². The van der Waals surface area contributed by atoms with E-state index in [1.165, 1.54) is 22.9 Å². The van der Waals surface area contributed by atoms with Gasteiger partial charge in [0.2, 0.25) is 10.0 Å². The van der Waals surface area contributed by atoms with Crippen molar-refractivity contribution < 1.29 is 8.42 Å². The van der Waals surface area contributed by atoms with E-state index in [0.29, 0.717) is 17.4 Å². The molecular formula is C16H19ClN4O3S. The summed E-state index contributed by atoms with van der Waals surface area (Å²) in [4.78, 5) is 13.6. The molecule has 0 amide bonds. The minimum absolute atomic E-state index is 0.150. The Labute approximate surface area is 151 Å². The van der Waals surface area contributed by atoms with Crippen molar-refractivity contribution in [2.75, 3.05) is 18.0 Å². The molecule has 0 spiro atoms. The highest BCUT2D eigenvalue weighted by atomic mass is 35.5. The zero-order valence-corrected chi connectivity index (χ0v) is 15.3. The van der Waals surface area contributed by atoms with Gasteiger partial charge in [-0.15, -0.1) is 0 Å². The van der Waals surface area contributed by atoms with Crippen LogP contribution < -0.4 is 15.2 Å². The summed E-state index contributed by atoms with van der Waals surface area (Å²) in [5.74, 6) is 0.661. The van der Waals surface area contributed by atoms with E-state index in [1.54, 1.807) is 25.2 Å². The zero-order valence-electron chi connectivity index (χ0n) is 13.7. The van der Waals surface area contributed by atoms with Gasteiger partial charge in [-0.05, 0) is 37.1 Å². The predicted octanol–water partition coefficient (Wildman–Crippen LogP) is 1.38. The zero-order chi connectivity index (χ0) is 18.0. The van der Waals surface area contributed by atoms with Crippen LogP contribution >= 0.6 is 11.6 Å². The van der Waals surface area contributed by atoms with E-state index in [-0.39, 0.29) is 16.5 Å². The monoisotopic (exact) mass is 382 g/mol. The molecule has 1 unspecified atom stereocenters. The van der Waals surface area contributed by atoms with Gasteiger partial charge in [0.25, 0.3) is 5.56 Å². The third kappa shape index (κ3) is 4.20. The first kappa shape index (κ1) is 17.9. The van der Waals surface area contributed by atoms with Gasteiger partial charge in [-0.2, -0.15) is 5.10 Å². The summed E-state index contributed by atoms with van der Waals surface area (Å²) >= 11 is 5.89. The van der Waals surface area contributed by atoms with Gasteiger partial charge in [-0.3, -0.25) is 4.79 Å². The second-order valence-corrected chi connectivity index (χ2v) is 8.17. The standard InChI is InChI=1S/C16H19ClN4O3S/c1-20-16(22)8-7-15(18-20)21-9-3-5-13(11-21)19-25(23,24)14-6-2-4-12(17)10-14/h2,4,6-8,10,13,19H,3,5,9,11H2,1H3. The van der Waals surface area contributed by atoms with Gasteiger partial charge in [0.1, 0.15) is 5.82 Å². The average molecular weight is 383 g/mol. The molecule has 3 rings (SSSR count). The molecule has 2 heterocycles. The largest absolute Gasteiger partial charge is 0.354 e. The SMILES string of the molecule is Cn1nc(N2CCCC(NS(=O)(=O)c3cccc(Cl)c3)C2)ccc1=O. The molecule has 1 fully saturated rings. The van der Waals surface area contributed by atoms with Crippen LogP contribution in [-0.4, -0.2) is 37.3 Å². The van der Waals surface area contributed by atoms with Crippen molar-refractivity contribution in [1.29, 1.82) is 0 Å². The summed E-state index contributed by atoms with van der Waals surface area (Å²) in [6, 6.07) is 9.07. The molecule has 9 heteroatoms. The quantitative estimate of drug-likeness (QED) is 0.863. The van der Waals surface area contributed by atoms with Gasteiger partial charge in [0.15, 0.2) is 0 Å².